The van der Waals surface area contributed by atoms with E-state index in [4.69, 9.17) is 5.11 Å². The monoisotopic (exact) mass is 356 g/mol. The Hall–Kier alpha value is -0.940. The van der Waals surface area contributed by atoms with Crippen molar-refractivity contribution in [3.8, 4) is 0 Å². The second-order valence-electron chi connectivity index (χ2n) is 7.58. The van der Waals surface area contributed by atoms with Gasteiger partial charge < -0.3 is 15.3 Å². The van der Waals surface area contributed by atoms with E-state index in [2.05, 4.69) is 6.92 Å². The smallest absolute Gasteiger partial charge is 0.303 e. The quantitative estimate of drug-likeness (QED) is 0.413. The largest absolute Gasteiger partial charge is 0.481 e. The highest BCUT2D eigenvalue weighted by atomic mass is 16.4. The molecule has 0 aromatic rings. The lowest BCUT2D eigenvalue weighted by Gasteiger charge is -2.23. The molecule has 1 aliphatic carbocycles. The summed E-state index contributed by atoms with van der Waals surface area (Å²) in [7, 11) is 0. The molecule has 0 aromatic heterocycles. The number of carbonyl (C=O) groups excluding carboxylic acids is 1. The van der Waals surface area contributed by atoms with Gasteiger partial charge >= 0.3 is 5.97 Å². The van der Waals surface area contributed by atoms with Crippen LogP contribution in [0.3, 0.4) is 0 Å². The van der Waals surface area contributed by atoms with Crippen LogP contribution in [0.4, 0.5) is 0 Å². The second-order valence-corrected chi connectivity index (χ2v) is 7.58. The first-order chi connectivity index (χ1) is 12.0. The molecule has 0 amide bonds. The molecule has 4 atom stereocenters. The minimum atomic E-state index is -0.752. The van der Waals surface area contributed by atoms with E-state index in [1.807, 2.05) is 0 Å². The Morgan fingerprint density at radius 1 is 0.800 bits per heavy atom. The molecule has 0 saturated heterocycles. The molecular formula is C20H36O5. The molecule has 25 heavy (non-hydrogen) atoms. The van der Waals surface area contributed by atoms with E-state index in [1.54, 1.807) is 0 Å². The summed E-state index contributed by atoms with van der Waals surface area (Å²) < 4.78 is 0. The first-order valence-electron chi connectivity index (χ1n) is 10.0. The molecule has 4 unspecified atom stereocenters. The van der Waals surface area contributed by atoms with Crippen LogP contribution >= 0.6 is 0 Å². The van der Waals surface area contributed by atoms with Gasteiger partial charge in [-0.05, 0) is 43.9 Å². The van der Waals surface area contributed by atoms with Crippen molar-refractivity contribution >= 4 is 11.8 Å². The minimum Gasteiger partial charge on any atom is -0.481 e. The summed E-state index contributed by atoms with van der Waals surface area (Å²) in [5.41, 5.74) is 0. The van der Waals surface area contributed by atoms with E-state index in [-0.39, 0.29) is 24.0 Å². The van der Waals surface area contributed by atoms with Gasteiger partial charge in [-0.2, -0.15) is 0 Å². The third-order valence-corrected chi connectivity index (χ3v) is 5.52. The molecule has 1 aliphatic rings. The number of hydrogen-bond acceptors (Lipinski definition) is 4. The molecule has 146 valence electrons. The summed E-state index contributed by atoms with van der Waals surface area (Å²) in [4.78, 5) is 22.4. The Morgan fingerprint density at radius 3 is 2.04 bits per heavy atom. The topological polar surface area (TPSA) is 94.8 Å². The van der Waals surface area contributed by atoms with Gasteiger partial charge in [-0.15, -0.1) is 0 Å². The predicted molar refractivity (Wildman–Crippen MR) is 97.3 cm³/mol. The number of aliphatic hydroxyl groups excluding tert-OH is 2. The highest BCUT2D eigenvalue weighted by molar-refractivity contribution is 5.78. The Morgan fingerprint density at radius 2 is 1.40 bits per heavy atom. The number of Topliss-reactive ketones (excluding diaryl/α,β-unsaturated/α-hetero) is 1. The van der Waals surface area contributed by atoms with Crippen molar-refractivity contribution in [2.75, 3.05) is 0 Å². The fourth-order valence-electron chi connectivity index (χ4n) is 4.02. The van der Waals surface area contributed by atoms with Gasteiger partial charge in [0.1, 0.15) is 5.78 Å². The van der Waals surface area contributed by atoms with Crippen molar-refractivity contribution in [2.45, 2.75) is 103 Å². The van der Waals surface area contributed by atoms with E-state index in [1.165, 1.54) is 0 Å². The zero-order chi connectivity index (χ0) is 18.7. The number of hydrogen-bond donors (Lipinski definition) is 3. The first kappa shape index (κ1) is 22.1. The third-order valence-electron chi connectivity index (χ3n) is 5.52. The zero-order valence-electron chi connectivity index (χ0n) is 15.7. The van der Waals surface area contributed by atoms with Crippen molar-refractivity contribution in [2.24, 2.45) is 11.8 Å². The third kappa shape index (κ3) is 8.82. The fourth-order valence-corrected chi connectivity index (χ4v) is 4.02. The maximum absolute atomic E-state index is 12.0. The van der Waals surface area contributed by atoms with Crippen LogP contribution < -0.4 is 0 Å². The maximum Gasteiger partial charge on any atom is 0.303 e. The van der Waals surface area contributed by atoms with Crippen molar-refractivity contribution in [1.82, 2.24) is 0 Å². The maximum atomic E-state index is 12.0. The summed E-state index contributed by atoms with van der Waals surface area (Å²) in [6, 6.07) is 0. The van der Waals surface area contributed by atoms with Crippen molar-refractivity contribution in [3.63, 3.8) is 0 Å². The fraction of sp³-hybridized carbons (Fsp3) is 0.900. The van der Waals surface area contributed by atoms with Crippen LogP contribution in [0.15, 0.2) is 0 Å². The zero-order valence-corrected chi connectivity index (χ0v) is 15.7. The number of carbonyl (C=O) groups is 2. The van der Waals surface area contributed by atoms with Crippen LogP contribution in [-0.2, 0) is 9.59 Å². The number of aliphatic carboxylic acids is 1. The Labute approximate surface area is 151 Å². The van der Waals surface area contributed by atoms with Crippen LogP contribution in [0, 0.1) is 11.8 Å². The van der Waals surface area contributed by atoms with Crippen LogP contribution in [-0.4, -0.2) is 39.3 Å². The molecule has 1 rings (SSSR count). The Bertz CT molecular complexity index is 396. The first-order valence-corrected chi connectivity index (χ1v) is 10.0. The summed E-state index contributed by atoms with van der Waals surface area (Å²) in [5, 5.41) is 29.1. The molecule has 0 heterocycles. The molecule has 0 bridgehead atoms. The molecule has 5 nitrogen and oxygen atoms in total. The molecule has 3 N–H and O–H groups in total. The molecule has 0 aliphatic heterocycles. The molecule has 0 radical (unpaired) electrons. The van der Waals surface area contributed by atoms with Crippen LogP contribution in [0.25, 0.3) is 0 Å². The molecule has 0 aromatic carbocycles. The lowest BCUT2D eigenvalue weighted by atomic mass is 9.84. The average Bonchev–Trinajstić information content (AvgIpc) is 2.82. The van der Waals surface area contributed by atoms with Gasteiger partial charge in [-0.3, -0.25) is 9.59 Å². The molecular weight excluding hydrogens is 320 g/mol. The number of aliphatic hydroxyl groups is 2. The normalized spacial score (nSPS) is 26.0. The van der Waals surface area contributed by atoms with Crippen molar-refractivity contribution in [1.29, 1.82) is 0 Å². The lowest BCUT2D eigenvalue weighted by Crippen LogP contribution is -2.23. The number of rotatable bonds is 14. The van der Waals surface area contributed by atoms with Gasteiger partial charge in [0.2, 0.25) is 0 Å². The second kappa shape index (κ2) is 12.4. The van der Waals surface area contributed by atoms with Crippen LogP contribution in [0.1, 0.15) is 90.4 Å². The summed E-state index contributed by atoms with van der Waals surface area (Å²) >= 11 is 0. The summed E-state index contributed by atoms with van der Waals surface area (Å²) in [6.07, 6.45) is 8.93. The van der Waals surface area contributed by atoms with E-state index < -0.39 is 18.2 Å². The number of carboxylic acids is 1. The van der Waals surface area contributed by atoms with Crippen LogP contribution in [0.2, 0.25) is 0 Å². The number of ketones is 1. The summed E-state index contributed by atoms with van der Waals surface area (Å²) in [5.74, 6) is -0.394. The van der Waals surface area contributed by atoms with E-state index >= 15 is 0 Å². The van der Waals surface area contributed by atoms with Gasteiger partial charge in [-0.25, -0.2) is 0 Å². The van der Waals surface area contributed by atoms with Gasteiger partial charge in [0.05, 0.1) is 12.2 Å². The summed E-state index contributed by atoms with van der Waals surface area (Å²) in [6.45, 7) is 2.12. The average molecular weight is 357 g/mol. The molecule has 1 fully saturated rings. The van der Waals surface area contributed by atoms with E-state index in [9.17, 15) is 19.8 Å². The van der Waals surface area contributed by atoms with Crippen molar-refractivity contribution in [3.05, 3.63) is 0 Å². The minimum absolute atomic E-state index is 0.0177. The highest BCUT2D eigenvalue weighted by Gasteiger charge is 2.40. The lowest BCUT2D eigenvalue weighted by molar-refractivity contribution is -0.137. The highest BCUT2D eigenvalue weighted by Crippen LogP contribution is 2.39. The molecule has 5 heteroatoms. The standard InChI is InChI=1S/C20H36O5/c1-2-3-6-9-15(21)12-13-17-16(18(22)14-19(17)23)10-7-4-5-8-11-20(24)25/h16-19,22-23H,2-14H2,1H3,(H,24,25). The molecule has 1 saturated carbocycles. The van der Waals surface area contributed by atoms with E-state index in [0.29, 0.717) is 32.1 Å². The SMILES string of the molecule is CCCCCC(=O)CCC1C(O)CC(O)C1CCCCCCC(=O)O. The van der Waals surface area contributed by atoms with Gasteiger partial charge in [0, 0.05) is 19.3 Å². The van der Waals surface area contributed by atoms with E-state index in [0.717, 1.165) is 44.9 Å². The van der Waals surface area contributed by atoms with Crippen LogP contribution in [0.5, 0.6) is 0 Å². The Balaban J connectivity index is 2.30. The van der Waals surface area contributed by atoms with Gasteiger partial charge in [0.15, 0.2) is 0 Å². The Kier molecular flexibility index (Phi) is 11.0. The van der Waals surface area contributed by atoms with Gasteiger partial charge in [0.25, 0.3) is 0 Å². The van der Waals surface area contributed by atoms with Gasteiger partial charge in [-0.1, -0.05) is 39.0 Å². The van der Waals surface area contributed by atoms with Crippen molar-refractivity contribution < 1.29 is 24.9 Å². The predicted octanol–water partition coefficient (Wildman–Crippen LogP) is 3.70. The molecule has 0 spiro atoms. The number of unbranched alkanes of at least 4 members (excludes halogenated alkanes) is 5. The number of carboxylic acid groups (broad SMARTS) is 1.